The van der Waals surface area contributed by atoms with Gasteiger partial charge in [-0.3, -0.25) is 19.6 Å². The van der Waals surface area contributed by atoms with Gasteiger partial charge in [-0.25, -0.2) is 23.2 Å². The van der Waals surface area contributed by atoms with Crippen LogP contribution in [0, 0.1) is 11.6 Å². The standard InChI is InChI=1S/C18H27FN2O2.C18H28N2O2.C13H19FN2.C13H20N2.C11H22N2O2.2ClH/c1-13-11-21(17(22)23-18(3,4)5)14(2)10-20(13)12-15-6-8-16(19)9-7-15;1-14-12-20(17(21)22-18(3,4)5)15(2)11-19(14)13-16-9-7-6-8-10-16;1-10-8-16(11(2)7-15-10)9-12-3-5-13(14)6-4-12;1-11-9-15(12(2)8-14-11)10-13-6-4-3-5-7-13;1-8-7-13(9(2)6-12-8)10(14)15-11(3,4)5;;/h6-9,13-14H,10-12H2,1-5H3;6-10,14-15H,11-13H2,1-5H3;3-6,10-11,15H,7-9H2,1-2H3;3-7,11-12,14H,8-10H2,1-2H3;8-9,12H,6-7H2,1-5H3;2*1H/t13-,14+;14-,15+;10-,11+;11-,12+;8-,9+;;/m00110../s1. The van der Waals surface area contributed by atoms with Gasteiger partial charge in [0.2, 0.25) is 0 Å². The Morgan fingerprint density at radius 3 is 0.914 bits per heavy atom. The third-order valence-electron chi connectivity index (χ3n) is 16.7. The molecule has 20 heteroatoms. The topological polar surface area (TPSA) is 138 Å². The van der Waals surface area contributed by atoms with Crippen molar-refractivity contribution in [2.45, 2.75) is 235 Å². The quantitative estimate of drug-likeness (QED) is 0.145. The van der Waals surface area contributed by atoms with Gasteiger partial charge in [0.05, 0.1) is 0 Å². The minimum Gasteiger partial charge on any atom is -0.444 e. The second-order valence-electron chi connectivity index (χ2n) is 29.2. The fourth-order valence-corrected chi connectivity index (χ4v) is 11.5. The number of nitrogens with one attached hydrogen (secondary N) is 3. The van der Waals surface area contributed by atoms with E-state index in [9.17, 15) is 23.2 Å². The van der Waals surface area contributed by atoms with Crippen molar-refractivity contribution in [2.75, 3.05) is 65.4 Å². The second kappa shape index (κ2) is 38.6. The number of ether oxygens (including phenoxy) is 3. The van der Waals surface area contributed by atoms with Crippen LogP contribution < -0.4 is 16.0 Å². The number of rotatable bonds is 8. The molecule has 9 rings (SSSR count). The highest BCUT2D eigenvalue weighted by molar-refractivity contribution is 5.85. The number of amides is 3. The second-order valence-corrected chi connectivity index (χ2v) is 29.2. The van der Waals surface area contributed by atoms with Crippen LogP contribution in [0.4, 0.5) is 23.2 Å². The number of hydrogen-bond acceptors (Lipinski definition) is 13. The lowest BCUT2D eigenvalue weighted by molar-refractivity contribution is -0.0124. The molecule has 0 radical (unpaired) electrons. The third-order valence-corrected chi connectivity index (χ3v) is 16.7. The van der Waals surface area contributed by atoms with Gasteiger partial charge in [-0.05, 0) is 178 Å². The molecular formula is C73H118Cl2F2N10O6. The summed E-state index contributed by atoms with van der Waals surface area (Å²) in [6.07, 6.45) is -0.659. The van der Waals surface area contributed by atoms with E-state index in [2.05, 4.69) is 146 Å². The molecule has 0 aromatic heterocycles. The smallest absolute Gasteiger partial charge is 0.410 e. The van der Waals surface area contributed by atoms with Gasteiger partial charge in [-0.1, -0.05) is 84.9 Å². The molecular weight excluding hydrogens is 1220 g/mol. The van der Waals surface area contributed by atoms with Crippen LogP contribution in [0.15, 0.2) is 109 Å². The molecule has 3 N–H and O–H groups in total. The van der Waals surface area contributed by atoms with Crippen molar-refractivity contribution in [3.63, 3.8) is 0 Å². The largest absolute Gasteiger partial charge is 0.444 e. The Labute approximate surface area is 571 Å². The molecule has 0 aliphatic carbocycles. The lowest BCUT2D eigenvalue weighted by Crippen LogP contribution is -2.58. The fourth-order valence-electron chi connectivity index (χ4n) is 11.5. The van der Waals surface area contributed by atoms with Gasteiger partial charge in [0.1, 0.15) is 28.4 Å². The molecule has 5 aliphatic rings. The molecule has 4 aromatic carbocycles. The van der Waals surface area contributed by atoms with Crippen molar-refractivity contribution in [3.8, 4) is 0 Å². The first-order valence-electron chi connectivity index (χ1n) is 33.3. The number of carbonyl (C=O) groups excluding carboxylic acids is 3. The van der Waals surface area contributed by atoms with Crippen LogP contribution in [0.25, 0.3) is 0 Å². The average molecular weight is 1340 g/mol. The Morgan fingerprint density at radius 1 is 0.355 bits per heavy atom. The van der Waals surface area contributed by atoms with E-state index < -0.39 is 16.8 Å². The Bertz CT molecular complexity index is 2780. The molecule has 5 aliphatic heterocycles. The monoisotopic (exact) mass is 1340 g/mol. The first-order valence-corrected chi connectivity index (χ1v) is 33.3. The van der Waals surface area contributed by atoms with E-state index in [0.717, 1.165) is 84.1 Å². The summed E-state index contributed by atoms with van der Waals surface area (Å²) in [7, 11) is 0. The van der Waals surface area contributed by atoms with Crippen LogP contribution in [0.2, 0.25) is 0 Å². The predicted octanol–water partition coefficient (Wildman–Crippen LogP) is 13.5. The predicted molar refractivity (Wildman–Crippen MR) is 379 cm³/mol. The Hall–Kier alpha value is -5.15. The van der Waals surface area contributed by atoms with E-state index in [4.69, 9.17) is 14.2 Å². The number of carbonyl (C=O) groups is 3. The highest BCUT2D eigenvalue weighted by atomic mass is 35.5. The molecule has 5 heterocycles. The number of halogens is 4. The Morgan fingerprint density at radius 2 is 0.613 bits per heavy atom. The summed E-state index contributed by atoms with van der Waals surface area (Å²) in [4.78, 5) is 51.7. The van der Waals surface area contributed by atoms with Gasteiger partial charge in [0.25, 0.3) is 0 Å². The summed E-state index contributed by atoms with van der Waals surface area (Å²) in [5.74, 6) is -0.379. The van der Waals surface area contributed by atoms with Crippen LogP contribution in [0.1, 0.15) is 154 Å². The number of piperazine rings is 5. The SMILES string of the molecule is C[C@@H]1CN(Cc2ccc(F)cc2)[C@@H](C)CN1.C[C@@H]1CN(Cc2ccc(F)cc2)[C@@H](C)CN1C(=O)OC(C)(C)C.C[C@@H]1CN(Cc2ccccc2)[C@@H](C)CN1.C[C@@H]1CN(Cc2ccccc2)[C@@H](C)CN1C(=O)OC(C)(C)C.C[C@@H]1CN[C@@H](C)CN1C(=O)OC(C)(C)C.Cl.Cl. The van der Waals surface area contributed by atoms with Gasteiger partial charge in [0, 0.05) is 152 Å². The highest BCUT2D eigenvalue weighted by Gasteiger charge is 2.37. The van der Waals surface area contributed by atoms with Crippen LogP contribution in [0.3, 0.4) is 0 Å². The fraction of sp³-hybridized carbons (Fsp3) is 0.630. The van der Waals surface area contributed by atoms with E-state index >= 15 is 0 Å². The summed E-state index contributed by atoms with van der Waals surface area (Å²) in [6.45, 7) is 51.1. The molecule has 3 amide bonds. The molecule has 5 saturated heterocycles. The summed E-state index contributed by atoms with van der Waals surface area (Å²) in [5.41, 5.74) is 3.65. The molecule has 93 heavy (non-hydrogen) atoms. The molecule has 0 unspecified atom stereocenters. The van der Waals surface area contributed by atoms with Crippen molar-refractivity contribution < 1.29 is 37.4 Å². The summed E-state index contributed by atoms with van der Waals surface area (Å²) < 4.78 is 42.2. The maximum atomic E-state index is 13.0. The average Bonchev–Trinajstić information content (AvgIpc) is 0.861. The molecule has 0 saturated carbocycles. The summed E-state index contributed by atoms with van der Waals surface area (Å²) >= 11 is 0. The molecule has 10 atom stereocenters. The van der Waals surface area contributed by atoms with Crippen LogP contribution >= 0.6 is 24.8 Å². The van der Waals surface area contributed by atoms with Gasteiger partial charge >= 0.3 is 18.3 Å². The van der Waals surface area contributed by atoms with Crippen LogP contribution in [0.5, 0.6) is 0 Å². The number of nitrogens with zero attached hydrogens (tertiary/aromatic N) is 7. The first kappa shape index (κ1) is 82.1. The maximum absolute atomic E-state index is 13.0. The zero-order valence-corrected chi connectivity index (χ0v) is 61.4. The van der Waals surface area contributed by atoms with Crippen molar-refractivity contribution in [2.24, 2.45) is 0 Å². The van der Waals surface area contributed by atoms with Crippen molar-refractivity contribution >= 4 is 43.1 Å². The van der Waals surface area contributed by atoms with Crippen molar-refractivity contribution in [1.82, 2.24) is 50.2 Å². The molecule has 0 bridgehead atoms. The zero-order valence-electron chi connectivity index (χ0n) is 59.7. The summed E-state index contributed by atoms with van der Waals surface area (Å²) in [5, 5.41) is 10.3. The first-order chi connectivity index (χ1) is 42.6. The minimum absolute atomic E-state index is 0. The van der Waals surface area contributed by atoms with Crippen LogP contribution in [-0.2, 0) is 40.4 Å². The maximum Gasteiger partial charge on any atom is 0.410 e. The van der Waals surface area contributed by atoms with E-state index in [1.807, 2.05) is 111 Å². The molecule has 16 nitrogen and oxygen atoms in total. The molecule has 0 spiro atoms. The minimum atomic E-state index is -0.481. The molecule has 5 fully saturated rings. The Kier molecular flexibility index (Phi) is 34.0. The third kappa shape index (κ3) is 29.8. The lowest BCUT2D eigenvalue weighted by atomic mass is 10.1. The van der Waals surface area contributed by atoms with Gasteiger partial charge in [-0.15, -0.1) is 24.8 Å². The zero-order chi connectivity index (χ0) is 67.4. The molecule has 4 aromatic rings. The molecule has 524 valence electrons. The highest BCUT2D eigenvalue weighted by Crippen LogP contribution is 2.24. The van der Waals surface area contributed by atoms with Gasteiger partial charge in [0.15, 0.2) is 0 Å². The summed E-state index contributed by atoms with van der Waals surface area (Å²) in [6, 6.07) is 38.3. The van der Waals surface area contributed by atoms with Gasteiger partial charge < -0.3 is 44.9 Å². The van der Waals surface area contributed by atoms with Crippen molar-refractivity contribution in [3.05, 3.63) is 143 Å². The number of benzene rings is 4. The number of hydrogen-bond donors (Lipinski definition) is 3. The van der Waals surface area contributed by atoms with Crippen molar-refractivity contribution in [1.29, 1.82) is 0 Å². The lowest BCUT2D eigenvalue weighted by Gasteiger charge is -2.44. The Balaban J connectivity index is 0.000000305. The van der Waals surface area contributed by atoms with Gasteiger partial charge in [-0.2, -0.15) is 0 Å². The normalized spacial score (nSPS) is 24.8. The van der Waals surface area contributed by atoms with E-state index in [1.165, 1.54) is 41.0 Å². The van der Waals surface area contributed by atoms with Crippen LogP contribution in [-0.4, -0.2) is 195 Å². The van der Waals surface area contributed by atoms with E-state index in [1.54, 1.807) is 9.80 Å². The van der Waals surface area contributed by atoms with E-state index in [0.29, 0.717) is 49.3 Å². The van der Waals surface area contributed by atoms with E-state index in [-0.39, 0.29) is 78.9 Å².